The summed E-state index contributed by atoms with van der Waals surface area (Å²) < 4.78 is 0. The Morgan fingerprint density at radius 1 is 1.28 bits per heavy atom. The summed E-state index contributed by atoms with van der Waals surface area (Å²) in [6.45, 7) is 3.31. The minimum Gasteiger partial charge on any atom is -0.314 e. The summed E-state index contributed by atoms with van der Waals surface area (Å²) in [5.41, 5.74) is 1.42. The van der Waals surface area contributed by atoms with E-state index < -0.39 is 0 Å². The van der Waals surface area contributed by atoms with Gasteiger partial charge in [0.15, 0.2) is 0 Å². The molecule has 1 atom stereocenters. The second-order valence-corrected chi connectivity index (χ2v) is 5.53. The van der Waals surface area contributed by atoms with Crippen LogP contribution in [0.15, 0.2) is 24.5 Å². The molecule has 1 saturated carbocycles. The van der Waals surface area contributed by atoms with Gasteiger partial charge in [0.25, 0.3) is 0 Å². The quantitative estimate of drug-likeness (QED) is 0.795. The average molecular weight is 246 g/mol. The van der Waals surface area contributed by atoms with Crippen LogP contribution in [0, 0.1) is 5.92 Å². The molecule has 0 saturated heterocycles. The van der Waals surface area contributed by atoms with Crippen LogP contribution >= 0.6 is 0 Å². The fraction of sp³-hybridized carbons (Fsp3) is 0.688. The van der Waals surface area contributed by atoms with Crippen molar-refractivity contribution in [3.63, 3.8) is 0 Å². The Morgan fingerprint density at radius 3 is 2.67 bits per heavy atom. The van der Waals surface area contributed by atoms with E-state index in [2.05, 4.69) is 29.4 Å². The van der Waals surface area contributed by atoms with Crippen molar-refractivity contribution in [2.45, 2.75) is 57.9 Å². The highest BCUT2D eigenvalue weighted by atomic mass is 14.9. The maximum Gasteiger partial charge on any atom is 0.0270 e. The molecule has 0 amide bonds. The van der Waals surface area contributed by atoms with Gasteiger partial charge in [-0.1, -0.05) is 32.6 Å². The van der Waals surface area contributed by atoms with E-state index >= 15 is 0 Å². The molecule has 1 aliphatic carbocycles. The number of rotatable bonds is 7. The topological polar surface area (TPSA) is 24.9 Å². The average Bonchev–Trinajstić information content (AvgIpc) is 2.90. The second kappa shape index (κ2) is 7.52. The van der Waals surface area contributed by atoms with Gasteiger partial charge in [-0.3, -0.25) is 4.98 Å². The van der Waals surface area contributed by atoms with Gasteiger partial charge in [0.1, 0.15) is 0 Å². The Balaban J connectivity index is 1.78. The van der Waals surface area contributed by atoms with E-state index in [0.29, 0.717) is 6.04 Å². The monoisotopic (exact) mass is 246 g/mol. The molecule has 0 aromatic carbocycles. The predicted octanol–water partition coefficient (Wildman–Crippen LogP) is 3.57. The summed E-state index contributed by atoms with van der Waals surface area (Å²) in [5.74, 6) is 0.978. The molecule has 0 radical (unpaired) electrons. The number of aryl methyl sites for hydroxylation is 1. The first-order valence-corrected chi connectivity index (χ1v) is 7.50. The predicted molar refractivity (Wildman–Crippen MR) is 76.6 cm³/mol. The standard InChI is InChI=1S/C16H26N2/c1-2-18-16(13-15-5-3-4-6-15)8-7-14-9-11-17-12-10-14/h9-12,15-16,18H,2-8,13H2,1H3. The van der Waals surface area contributed by atoms with Crippen LogP contribution in [0.5, 0.6) is 0 Å². The number of hydrogen-bond donors (Lipinski definition) is 1. The first kappa shape index (κ1) is 13.5. The molecule has 2 heteroatoms. The van der Waals surface area contributed by atoms with Crippen molar-refractivity contribution in [2.75, 3.05) is 6.54 Å². The number of nitrogens with zero attached hydrogens (tertiary/aromatic N) is 1. The van der Waals surface area contributed by atoms with E-state index in [1.165, 1.54) is 50.5 Å². The Hall–Kier alpha value is -0.890. The van der Waals surface area contributed by atoms with Gasteiger partial charge in [0, 0.05) is 18.4 Å². The van der Waals surface area contributed by atoms with Crippen LogP contribution in [-0.2, 0) is 6.42 Å². The lowest BCUT2D eigenvalue weighted by Crippen LogP contribution is -2.31. The number of aromatic nitrogens is 1. The zero-order valence-electron chi connectivity index (χ0n) is 11.6. The number of nitrogens with one attached hydrogen (secondary N) is 1. The fourth-order valence-electron chi connectivity index (χ4n) is 3.13. The van der Waals surface area contributed by atoms with Crippen molar-refractivity contribution in [2.24, 2.45) is 5.92 Å². The zero-order valence-corrected chi connectivity index (χ0v) is 11.6. The molecule has 0 spiro atoms. The van der Waals surface area contributed by atoms with Gasteiger partial charge in [-0.15, -0.1) is 0 Å². The van der Waals surface area contributed by atoms with Crippen LogP contribution < -0.4 is 5.32 Å². The SMILES string of the molecule is CCNC(CCc1ccncc1)CC1CCCC1. The third-order valence-electron chi connectivity index (χ3n) is 4.12. The maximum atomic E-state index is 4.08. The van der Waals surface area contributed by atoms with Crippen molar-refractivity contribution in [3.8, 4) is 0 Å². The normalized spacial score (nSPS) is 18.1. The van der Waals surface area contributed by atoms with Crippen LogP contribution in [0.1, 0.15) is 51.0 Å². The third-order valence-corrected chi connectivity index (χ3v) is 4.12. The molecule has 18 heavy (non-hydrogen) atoms. The van der Waals surface area contributed by atoms with Crippen LogP contribution in [0.4, 0.5) is 0 Å². The Bertz CT molecular complexity index is 317. The smallest absolute Gasteiger partial charge is 0.0270 e. The molecule has 1 aliphatic rings. The second-order valence-electron chi connectivity index (χ2n) is 5.53. The minimum absolute atomic E-state index is 0.700. The molecule has 1 fully saturated rings. The van der Waals surface area contributed by atoms with Crippen LogP contribution in [-0.4, -0.2) is 17.6 Å². The van der Waals surface area contributed by atoms with E-state index in [-0.39, 0.29) is 0 Å². The summed E-state index contributed by atoms with van der Waals surface area (Å²) in [6.07, 6.45) is 13.4. The van der Waals surface area contributed by atoms with Crippen LogP contribution in [0.25, 0.3) is 0 Å². The van der Waals surface area contributed by atoms with Crippen molar-refractivity contribution in [1.82, 2.24) is 10.3 Å². The maximum absolute atomic E-state index is 4.08. The van der Waals surface area contributed by atoms with E-state index in [4.69, 9.17) is 0 Å². The molecule has 1 aromatic rings. The van der Waals surface area contributed by atoms with Gasteiger partial charge in [0.2, 0.25) is 0 Å². The summed E-state index contributed by atoms with van der Waals surface area (Å²) in [5, 5.41) is 3.66. The highest BCUT2D eigenvalue weighted by Gasteiger charge is 2.19. The molecule has 0 aliphatic heterocycles. The van der Waals surface area contributed by atoms with Gasteiger partial charge >= 0.3 is 0 Å². The summed E-state index contributed by atoms with van der Waals surface area (Å²) in [7, 11) is 0. The van der Waals surface area contributed by atoms with Crippen molar-refractivity contribution < 1.29 is 0 Å². The van der Waals surface area contributed by atoms with Gasteiger partial charge in [-0.25, -0.2) is 0 Å². The Labute approximate surface area is 111 Å². The molecule has 2 nitrogen and oxygen atoms in total. The molecule has 1 heterocycles. The van der Waals surface area contributed by atoms with E-state index in [1.807, 2.05) is 12.4 Å². The van der Waals surface area contributed by atoms with Gasteiger partial charge < -0.3 is 5.32 Å². The Kier molecular flexibility index (Phi) is 5.66. The van der Waals surface area contributed by atoms with Gasteiger partial charge in [-0.2, -0.15) is 0 Å². The van der Waals surface area contributed by atoms with E-state index in [9.17, 15) is 0 Å². The molecule has 1 aromatic heterocycles. The molecule has 1 N–H and O–H groups in total. The highest BCUT2D eigenvalue weighted by Crippen LogP contribution is 2.29. The third kappa shape index (κ3) is 4.41. The lowest BCUT2D eigenvalue weighted by molar-refractivity contribution is 0.376. The summed E-state index contributed by atoms with van der Waals surface area (Å²) >= 11 is 0. The highest BCUT2D eigenvalue weighted by molar-refractivity contribution is 5.09. The molecule has 100 valence electrons. The molecular weight excluding hydrogens is 220 g/mol. The van der Waals surface area contributed by atoms with Crippen molar-refractivity contribution >= 4 is 0 Å². The summed E-state index contributed by atoms with van der Waals surface area (Å²) in [4.78, 5) is 4.08. The van der Waals surface area contributed by atoms with Gasteiger partial charge in [-0.05, 0) is 49.4 Å². The van der Waals surface area contributed by atoms with Crippen molar-refractivity contribution in [1.29, 1.82) is 0 Å². The van der Waals surface area contributed by atoms with Crippen LogP contribution in [0.2, 0.25) is 0 Å². The first-order valence-electron chi connectivity index (χ1n) is 7.50. The molecule has 2 rings (SSSR count). The zero-order chi connectivity index (χ0) is 12.6. The molecule has 0 bridgehead atoms. The first-order chi connectivity index (χ1) is 8.88. The largest absolute Gasteiger partial charge is 0.314 e. The molecule has 1 unspecified atom stereocenters. The molecular formula is C16H26N2. The van der Waals surface area contributed by atoms with E-state index in [1.54, 1.807) is 0 Å². The number of hydrogen-bond acceptors (Lipinski definition) is 2. The van der Waals surface area contributed by atoms with E-state index in [0.717, 1.165) is 12.5 Å². The Morgan fingerprint density at radius 2 is 2.00 bits per heavy atom. The van der Waals surface area contributed by atoms with Crippen LogP contribution in [0.3, 0.4) is 0 Å². The lowest BCUT2D eigenvalue weighted by Gasteiger charge is -2.21. The van der Waals surface area contributed by atoms with Crippen molar-refractivity contribution in [3.05, 3.63) is 30.1 Å². The summed E-state index contributed by atoms with van der Waals surface area (Å²) in [6, 6.07) is 4.98. The fourth-order valence-corrected chi connectivity index (χ4v) is 3.13. The minimum atomic E-state index is 0.700. The number of pyridine rings is 1. The lowest BCUT2D eigenvalue weighted by atomic mass is 9.94. The van der Waals surface area contributed by atoms with Gasteiger partial charge in [0.05, 0.1) is 0 Å².